The molecule has 20 heavy (non-hydrogen) atoms. The van der Waals surface area contributed by atoms with Gasteiger partial charge < -0.3 is 15.5 Å². The minimum Gasteiger partial charge on any atom is -0.342 e. The lowest BCUT2D eigenvalue weighted by molar-refractivity contribution is -0.138. The van der Waals surface area contributed by atoms with Gasteiger partial charge >= 0.3 is 0 Å². The number of hydrogen-bond acceptors (Lipinski definition) is 3. The van der Waals surface area contributed by atoms with Gasteiger partial charge in [0.05, 0.1) is 0 Å². The van der Waals surface area contributed by atoms with Crippen LogP contribution in [0.3, 0.4) is 0 Å². The molecule has 0 unspecified atom stereocenters. The first-order valence-corrected chi connectivity index (χ1v) is 8.36. The zero-order chi connectivity index (χ0) is 14.5. The van der Waals surface area contributed by atoms with Crippen LogP contribution in [0.25, 0.3) is 0 Å². The molecule has 1 aliphatic carbocycles. The predicted molar refractivity (Wildman–Crippen MR) is 82.5 cm³/mol. The van der Waals surface area contributed by atoms with E-state index < -0.39 is 0 Å². The van der Waals surface area contributed by atoms with Crippen molar-refractivity contribution >= 4 is 5.91 Å². The van der Waals surface area contributed by atoms with Crippen LogP contribution in [-0.2, 0) is 4.79 Å². The Bertz CT molecular complexity index is 305. The number of carbonyl (C=O) groups is 1. The van der Waals surface area contributed by atoms with Crippen molar-refractivity contribution in [2.45, 2.75) is 64.0 Å². The maximum Gasteiger partial charge on any atom is 0.225 e. The van der Waals surface area contributed by atoms with Crippen molar-refractivity contribution in [1.82, 2.24) is 9.80 Å². The van der Waals surface area contributed by atoms with Crippen LogP contribution < -0.4 is 5.73 Å². The Morgan fingerprint density at radius 3 is 2.30 bits per heavy atom. The molecule has 2 N–H and O–H groups in total. The highest BCUT2D eigenvalue weighted by molar-refractivity contribution is 5.79. The van der Waals surface area contributed by atoms with Gasteiger partial charge in [0.25, 0.3) is 0 Å². The van der Waals surface area contributed by atoms with Gasteiger partial charge in [-0.05, 0) is 51.5 Å². The Balaban J connectivity index is 1.79. The number of rotatable bonds is 4. The summed E-state index contributed by atoms with van der Waals surface area (Å²) in [6.07, 6.45) is 7.49. The van der Waals surface area contributed by atoms with E-state index in [4.69, 9.17) is 5.73 Å². The zero-order valence-electron chi connectivity index (χ0n) is 13.2. The first-order valence-electron chi connectivity index (χ1n) is 8.36. The second-order valence-electron chi connectivity index (χ2n) is 6.63. The summed E-state index contributed by atoms with van der Waals surface area (Å²) >= 11 is 0. The van der Waals surface area contributed by atoms with Crippen molar-refractivity contribution in [3.05, 3.63) is 0 Å². The van der Waals surface area contributed by atoms with Gasteiger partial charge in [-0.3, -0.25) is 4.79 Å². The molecule has 0 aromatic rings. The van der Waals surface area contributed by atoms with E-state index in [1.807, 2.05) is 11.9 Å². The Labute approximate surface area is 123 Å². The van der Waals surface area contributed by atoms with E-state index in [2.05, 4.69) is 11.8 Å². The third-order valence-electron chi connectivity index (χ3n) is 5.11. The molecule has 1 amide bonds. The van der Waals surface area contributed by atoms with Crippen LogP contribution in [0.5, 0.6) is 0 Å². The molecular formula is C16H31N3O. The molecule has 0 bridgehead atoms. The topological polar surface area (TPSA) is 49.6 Å². The molecule has 0 aromatic carbocycles. The Kier molecular flexibility index (Phi) is 5.85. The highest BCUT2D eigenvalue weighted by Crippen LogP contribution is 2.26. The summed E-state index contributed by atoms with van der Waals surface area (Å²) < 4.78 is 0. The van der Waals surface area contributed by atoms with Crippen LogP contribution in [0.4, 0.5) is 0 Å². The molecule has 0 aromatic heterocycles. The molecule has 116 valence electrons. The average molecular weight is 281 g/mol. The first kappa shape index (κ1) is 15.8. The highest BCUT2D eigenvalue weighted by atomic mass is 16.2. The molecule has 1 saturated heterocycles. The largest absolute Gasteiger partial charge is 0.342 e. The molecule has 2 rings (SSSR count). The lowest BCUT2D eigenvalue weighted by Gasteiger charge is -2.38. The number of amides is 1. The quantitative estimate of drug-likeness (QED) is 0.855. The lowest BCUT2D eigenvalue weighted by Crippen LogP contribution is -2.48. The summed E-state index contributed by atoms with van der Waals surface area (Å²) in [5.74, 6) is 0.597. The maximum atomic E-state index is 12.6. The van der Waals surface area contributed by atoms with E-state index in [0.717, 1.165) is 51.6 Å². The Hall–Kier alpha value is -0.610. The smallest absolute Gasteiger partial charge is 0.225 e. The first-order chi connectivity index (χ1) is 9.61. The van der Waals surface area contributed by atoms with Crippen LogP contribution in [0.2, 0.25) is 0 Å². The summed E-state index contributed by atoms with van der Waals surface area (Å²) in [6.45, 7) is 5.72. The lowest BCUT2D eigenvalue weighted by atomic mass is 9.85. The fraction of sp³-hybridized carbons (Fsp3) is 0.938. The van der Waals surface area contributed by atoms with Crippen molar-refractivity contribution in [3.8, 4) is 0 Å². The number of likely N-dealkylation sites (tertiary alicyclic amines) is 1. The molecule has 4 heteroatoms. The number of hydrogen-bond donors (Lipinski definition) is 1. The van der Waals surface area contributed by atoms with Gasteiger partial charge in [0.15, 0.2) is 0 Å². The van der Waals surface area contributed by atoms with E-state index in [1.54, 1.807) is 0 Å². The van der Waals surface area contributed by atoms with Crippen LogP contribution in [-0.4, -0.2) is 54.5 Å². The molecule has 1 heterocycles. The third kappa shape index (κ3) is 3.95. The number of carbonyl (C=O) groups excluding carboxylic acids is 1. The maximum absolute atomic E-state index is 12.6. The molecule has 0 spiro atoms. The minimum absolute atomic E-state index is 0.230. The monoisotopic (exact) mass is 281 g/mol. The van der Waals surface area contributed by atoms with Crippen molar-refractivity contribution in [1.29, 1.82) is 0 Å². The number of nitrogens with zero attached hydrogens (tertiary/aromatic N) is 2. The SMILES string of the molecule is CCCN1CCC(N(C)C(=O)C2CCC(N)CC2)CC1. The van der Waals surface area contributed by atoms with Crippen molar-refractivity contribution in [2.75, 3.05) is 26.7 Å². The van der Waals surface area contributed by atoms with Gasteiger partial charge in [0.1, 0.15) is 0 Å². The van der Waals surface area contributed by atoms with Gasteiger partial charge in [-0.2, -0.15) is 0 Å². The molecule has 0 radical (unpaired) electrons. The highest BCUT2D eigenvalue weighted by Gasteiger charge is 2.31. The van der Waals surface area contributed by atoms with Crippen molar-refractivity contribution in [3.63, 3.8) is 0 Å². The molecule has 1 saturated carbocycles. The Morgan fingerprint density at radius 2 is 1.75 bits per heavy atom. The van der Waals surface area contributed by atoms with Gasteiger partial charge in [0, 0.05) is 38.1 Å². The standard InChI is InChI=1S/C16H31N3O/c1-3-10-19-11-8-15(9-12-19)18(2)16(20)13-4-6-14(17)7-5-13/h13-15H,3-12,17H2,1-2H3. The van der Waals surface area contributed by atoms with Crippen molar-refractivity contribution < 1.29 is 4.79 Å². The second kappa shape index (κ2) is 7.41. The van der Waals surface area contributed by atoms with E-state index >= 15 is 0 Å². The van der Waals surface area contributed by atoms with Gasteiger partial charge in [-0.15, -0.1) is 0 Å². The molecule has 1 aliphatic heterocycles. The molecule has 2 aliphatic rings. The van der Waals surface area contributed by atoms with E-state index in [1.165, 1.54) is 13.0 Å². The van der Waals surface area contributed by atoms with E-state index in [-0.39, 0.29) is 5.92 Å². The third-order valence-corrected chi connectivity index (χ3v) is 5.11. The van der Waals surface area contributed by atoms with Crippen LogP contribution in [0.15, 0.2) is 0 Å². The Morgan fingerprint density at radius 1 is 1.15 bits per heavy atom. The second-order valence-corrected chi connectivity index (χ2v) is 6.63. The van der Waals surface area contributed by atoms with Crippen LogP contribution in [0.1, 0.15) is 51.9 Å². The predicted octanol–water partition coefficient (Wildman–Crippen LogP) is 1.84. The molecule has 4 nitrogen and oxygen atoms in total. The summed E-state index contributed by atoms with van der Waals surface area (Å²) in [5, 5.41) is 0. The molecule has 2 fully saturated rings. The molecule has 0 atom stereocenters. The number of nitrogens with two attached hydrogens (primary N) is 1. The summed E-state index contributed by atoms with van der Waals surface area (Å²) in [7, 11) is 2.01. The average Bonchev–Trinajstić information content (AvgIpc) is 2.48. The van der Waals surface area contributed by atoms with Gasteiger partial charge in [-0.1, -0.05) is 6.92 Å². The normalized spacial score (nSPS) is 29.4. The minimum atomic E-state index is 0.230. The van der Waals surface area contributed by atoms with E-state index in [9.17, 15) is 4.79 Å². The van der Waals surface area contributed by atoms with Gasteiger partial charge in [0.2, 0.25) is 5.91 Å². The van der Waals surface area contributed by atoms with Crippen LogP contribution >= 0.6 is 0 Å². The zero-order valence-corrected chi connectivity index (χ0v) is 13.2. The fourth-order valence-electron chi connectivity index (χ4n) is 3.68. The van der Waals surface area contributed by atoms with E-state index in [0.29, 0.717) is 18.0 Å². The fourth-order valence-corrected chi connectivity index (χ4v) is 3.68. The van der Waals surface area contributed by atoms with Gasteiger partial charge in [-0.25, -0.2) is 0 Å². The van der Waals surface area contributed by atoms with Crippen LogP contribution in [0, 0.1) is 5.92 Å². The van der Waals surface area contributed by atoms with Crippen molar-refractivity contribution in [2.24, 2.45) is 11.7 Å². The molecular weight excluding hydrogens is 250 g/mol. The summed E-state index contributed by atoms with van der Waals surface area (Å²) in [5.41, 5.74) is 5.93. The summed E-state index contributed by atoms with van der Waals surface area (Å²) in [6, 6.07) is 0.771. The summed E-state index contributed by atoms with van der Waals surface area (Å²) in [4.78, 5) is 17.2. The number of piperidine rings is 1.